The van der Waals surface area contributed by atoms with E-state index in [2.05, 4.69) is 12.3 Å². The van der Waals surface area contributed by atoms with E-state index in [1.165, 1.54) is 6.42 Å². The van der Waals surface area contributed by atoms with Crippen molar-refractivity contribution in [2.75, 3.05) is 6.54 Å². The number of hydrogen-bond acceptors (Lipinski definition) is 2. The molecule has 58 valence electrons. The lowest BCUT2D eigenvalue weighted by Gasteiger charge is -2.31. The van der Waals surface area contributed by atoms with Crippen LogP contribution in [-0.2, 0) is 4.79 Å². The van der Waals surface area contributed by atoms with Gasteiger partial charge in [0.2, 0.25) is 5.91 Å². The molecule has 0 aliphatic carbocycles. The molecule has 3 heteroatoms. The molecule has 0 aromatic rings. The van der Waals surface area contributed by atoms with E-state index in [-0.39, 0.29) is 5.91 Å². The van der Waals surface area contributed by atoms with Crippen LogP contribution in [0.25, 0.3) is 0 Å². The van der Waals surface area contributed by atoms with Gasteiger partial charge in [-0.05, 0) is 19.8 Å². The van der Waals surface area contributed by atoms with E-state index in [0.717, 1.165) is 13.0 Å². The molecule has 1 N–H and O–H groups in total. The van der Waals surface area contributed by atoms with E-state index >= 15 is 0 Å². The summed E-state index contributed by atoms with van der Waals surface area (Å²) in [6.45, 7) is 4.54. The first kappa shape index (κ1) is 7.54. The van der Waals surface area contributed by atoms with Gasteiger partial charge in [-0.25, -0.2) is 5.43 Å². The Morgan fingerprint density at radius 1 is 1.70 bits per heavy atom. The minimum atomic E-state index is 0.117. The number of nitrogens with zero attached hydrogens (tertiary/aromatic N) is 1. The summed E-state index contributed by atoms with van der Waals surface area (Å²) in [5.74, 6) is 0.117. The molecule has 1 amide bonds. The predicted octanol–water partition coefficient (Wildman–Crippen LogP) is 0.522. The normalized spacial score (nSPS) is 26.6. The van der Waals surface area contributed by atoms with Gasteiger partial charge in [-0.2, -0.15) is 0 Å². The van der Waals surface area contributed by atoms with Crippen LogP contribution >= 0.6 is 0 Å². The van der Waals surface area contributed by atoms with Crippen LogP contribution in [0.1, 0.15) is 26.7 Å². The fourth-order valence-corrected chi connectivity index (χ4v) is 1.20. The molecular formula is C7H14N2O. The molecule has 0 aromatic heterocycles. The van der Waals surface area contributed by atoms with Gasteiger partial charge >= 0.3 is 0 Å². The molecule has 0 aromatic carbocycles. The molecule has 0 bridgehead atoms. The lowest BCUT2D eigenvalue weighted by Crippen LogP contribution is -2.50. The molecule has 1 aliphatic rings. The average molecular weight is 142 g/mol. The van der Waals surface area contributed by atoms with Crippen LogP contribution in [0.2, 0.25) is 0 Å². The van der Waals surface area contributed by atoms with Crippen LogP contribution in [0.5, 0.6) is 0 Å². The Morgan fingerprint density at radius 3 is 2.80 bits per heavy atom. The topological polar surface area (TPSA) is 32.3 Å². The maximum absolute atomic E-state index is 10.8. The van der Waals surface area contributed by atoms with Gasteiger partial charge in [-0.1, -0.05) is 0 Å². The number of carbonyl (C=O) groups excluding carboxylic acids is 1. The zero-order valence-electron chi connectivity index (χ0n) is 6.55. The highest BCUT2D eigenvalue weighted by atomic mass is 16.2. The van der Waals surface area contributed by atoms with Crippen molar-refractivity contribution < 1.29 is 4.79 Å². The third-order valence-corrected chi connectivity index (χ3v) is 1.78. The van der Waals surface area contributed by atoms with Gasteiger partial charge in [0, 0.05) is 19.5 Å². The molecular weight excluding hydrogens is 128 g/mol. The summed E-state index contributed by atoms with van der Waals surface area (Å²) in [7, 11) is 0. The summed E-state index contributed by atoms with van der Waals surface area (Å²) in [4.78, 5) is 10.8. The van der Waals surface area contributed by atoms with Gasteiger partial charge in [-0.3, -0.25) is 9.80 Å². The second kappa shape index (κ2) is 3.01. The summed E-state index contributed by atoms with van der Waals surface area (Å²) in [6.07, 6.45) is 2.29. The maximum Gasteiger partial charge on any atom is 0.233 e. The molecule has 0 radical (unpaired) electrons. The van der Waals surface area contributed by atoms with Crippen molar-refractivity contribution in [1.29, 1.82) is 0 Å². The van der Waals surface area contributed by atoms with Crippen molar-refractivity contribution in [3.8, 4) is 0 Å². The van der Waals surface area contributed by atoms with Gasteiger partial charge in [0.1, 0.15) is 0 Å². The molecule has 1 atom stereocenters. The van der Waals surface area contributed by atoms with E-state index in [0.29, 0.717) is 6.04 Å². The zero-order valence-corrected chi connectivity index (χ0v) is 6.55. The summed E-state index contributed by atoms with van der Waals surface area (Å²) in [5.41, 5.74) is 3.10. The predicted molar refractivity (Wildman–Crippen MR) is 39.2 cm³/mol. The molecule has 1 saturated heterocycles. The summed E-state index contributed by atoms with van der Waals surface area (Å²) < 4.78 is 0. The van der Waals surface area contributed by atoms with Gasteiger partial charge in [0.15, 0.2) is 0 Å². The summed E-state index contributed by atoms with van der Waals surface area (Å²) >= 11 is 0. The van der Waals surface area contributed by atoms with Crippen molar-refractivity contribution in [3.05, 3.63) is 0 Å². The van der Waals surface area contributed by atoms with Crippen LogP contribution in [0.15, 0.2) is 0 Å². The summed E-state index contributed by atoms with van der Waals surface area (Å²) in [6, 6.07) is 0.456. The van der Waals surface area contributed by atoms with Crippen molar-refractivity contribution >= 4 is 5.91 Å². The molecule has 10 heavy (non-hydrogen) atoms. The van der Waals surface area contributed by atoms with Crippen molar-refractivity contribution in [1.82, 2.24) is 10.4 Å². The van der Waals surface area contributed by atoms with Gasteiger partial charge < -0.3 is 0 Å². The second-order valence-electron chi connectivity index (χ2n) is 2.84. The Kier molecular flexibility index (Phi) is 2.27. The van der Waals surface area contributed by atoms with Crippen LogP contribution in [-0.4, -0.2) is 23.5 Å². The third-order valence-electron chi connectivity index (χ3n) is 1.78. The van der Waals surface area contributed by atoms with Crippen LogP contribution in [0.4, 0.5) is 0 Å². The molecule has 3 nitrogen and oxygen atoms in total. The Labute approximate surface area is 61.4 Å². The second-order valence-corrected chi connectivity index (χ2v) is 2.84. The van der Waals surface area contributed by atoms with Crippen LogP contribution in [0, 0.1) is 0 Å². The monoisotopic (exact) mass is 142 g/mol. The highest BCUT2D eigenvalue weighted by Crippen LogP contribution is 2.05. The highest BCUT2D eigenvalue weighted by Gasteiger charge is 2.16. The fourth-order valence-electron chi connectivity index (χ4n) is 1.20. The first-order chi connectivity index (χ1) is 4.70. The number of nitrogens with one attached hydrogen (secondary N) is 1. The highest BCUT2D eigenvalue weighted by molar-refractivity contribution is 5.72. The molecule has 1 rings (SSSR count). The number of hydrogen-bond donors (Lipinski definition) is 1. The van der Waals surface area contributed by atoms with E-state index in [1.54, 1.807) is 11.9 Å². The summed E-state index contributed by atoms with van der Waals surface area (Å²) in [5, 5.41) is 1.69. The molecule has 1 fully saturated rings. The zero-order chi connectivity index (χ0) is 7.56. The maximum atomic E-state index is 10.8. The Hall–Kier alpha value is -0.570. The van der Waals surface area contributed by atoms with E-state index in [1.807, 2.05) is 0 Å². The number of carbonyl (C=O) groups is 1. The minimum Gasteiger partial charge on any atom is -0.278 e. The minimum absolute atomic E-state index is 0.117. The van der Waals surface area contributed by atoms with Crippen LogP contribution in [0.3, 0.4) is 0 Å². The fraction of sp³-hybridized carbons (Fsp3) is 0.857. The van der Waals surface area contributed by atoms with Gasteiger partial charge in [-0.15, -0.1) is 0 Å². The third kappa shape index (κ3) is 1.70. The quantitative estimate of drug-likeness (QED) is 0.535. The first-order valence-corrected chi connectivity index (χ1v) is 3.74. The molecule has 0 unspecified atom stereocenters. The lowest BCUT2D eigenvalue weighted by atomic mass is 10.1. The molecule has 0 spiro atoms. The van der Waals surface area contributed by atoms with E-state index < -0.39 is 0 Å². The largest absolute Gasteiger partial charge is 0.278 e. The standard InChI is InChI=1S/C7H14N2O/c1-6-4-3-5-9(8-6)7(2)10/h6,8H,3-5H2,1-2H3/t6-/m1/s1. The molecule has 1 aliphatic heterocycles. The Bertz CT molecular complexity index is 136. The van der Waals surface area contributed by atoms with Crippen molar-refractivity contribution in [2.24, 2.45) is 0 Å². The van der Waals surface area contributed by atoms with E-state index in [9.17, 15) is 4.79 Å². The molecule has 1 heterocycles. The van der Waals surface area contributed by atoms with Gasteiger partial charge in [0.25, 0.3) is 0 Å². The smallest absolute Gasteiger partial charge is 0.233 e. The van der Waals surface area contributed by atoms with Gasteiger partial charge in [0.05, 0.1) is 0 Å². The van der Waals surface area contributed by atoms with Crippen LogP contribution < -0.4 is 5.43 Å². The number of rotatable bonds is 0. The lowest BCUT2D eigenvalue weighted by molar-refractivity contribution is -0.134. The Balaban J connectivity index is 2.39. The number of hydrazine groups is 1. The van der Waals surface area contributed by atoms with Crippen molar-refractivity contribution in [2.45, 2.75) is 32.7 Å². The average Bonchev–Trinajstić information content (AvgIpc) is 1.88. The Morgan fingerprint density at radius 2 is 2.40 bits per heavy atom. The molecule has 0 saturated carbocycles. The number of amides is 1. The SMILES string of the molecule is CC(=O)N1CCC[C@@H](C)N1. The van der Waals surface area contributed by atoms with E-state index in [4.69, 9.17) is 0 Å². The van der Waals surface area contributed by atoms with Crippen molar-refractivity contribution in [3.63, 3.8) is 0 Å². The first-order valence-electron chi connectivity index (χ1n) is 3.74.